The van der Waals surface area contributed by atoms with E-state index in [1.807, 2.05) is 48.7 Å². The Labute approximate surface area is 173 Å². The van der Waals surface area contributed by atoms with Gasteiger partial charge in [-0.3, -0.25) is 4.79 Å². The summed E-state index contributed by atoms with van der Waals surface area (Å²) in [5.74, 6) is 0.894. The Hall–Kier alpha value is -2.25. The zero-order chi connectivity index (χ0) is 19.5. The number of piperidine rings is 1. The second-order valence-electron chi connectivity index (χ2n) is 6.84. The van der Waals surface area contributed by atoms with Gasteiger partial charge >= 0.3 is 0 Å². The summed E-state index contributed by atoms with van der Waals surface area (Å²) in [5, 5.41) is 4.06. The minimum atomic E-state index is -0.0340. The third kappa shape index (κ3) is 4.10. The van der Waals surface area contributed by atoms with Gasteiger partial charge in [-0.15, -0.1) is 11.8 Å². The molecule has 146 valence electrons. The van der Waals surface area contributed by atoms with Crippen molar-refractivity contribution in [2.75, 3.05) is 36.7 Å². The largest absolute Gasteiger partial charge is 0.497 e. The molecule has 1 atom stereocenters. The molecule has 1 aliphatic heterocycles. The topological polar surface area (TPSA) is 54.5 Å². The maximum atomic E-state index is 12.8. The van der Waals surface area contributed by atoms with E-state index in [2.05, 4.69) is 10.2 Å². The van der Waals surface area contributed by atoms with Gasteiger partial charge in [0.05, 0.1) is 23.2 Å². The van der Waals surface area contributed by atoms with Crippen LogP contribution in [0.25, 0.3) is 10.2 Å². The highest BCUT2D eigenvalue weighted by Gasteiger charge is 2.27. The summed E-state index contributed by atoms with van der Waals surface area (Å²) in [7, 11) is 1.67. The highest BCUT2D eigenvalue weighted by Crippen LogP contribution is 2.33. The maximum Gasteiger partial charge on any atom is 0.229 e. The highest BCUT2D eigenvalue weighted by atomic mass is 32.2. The molecular weight excluding hydrogens is 390 g/mol. The quantitative estimate of drug-likeness (QED) is 0.604. The van der Waals surface area contributed by atoms with E-state index in [1.165, 1.54) is 0 Å². The lowest BCUT2D eigenvalue weighted by molar-refractivity contribution is -0.120. The Balaban J connectivity index is 1.47. The van der Waals surface area contributed by atoms with Crippen LogP contribution in [0.4, 0.5) is 10.8 Å². The Kier molecular flexibility index (Phi) is 5.73. The van der Waals surface area contributed by atoms with E-state index < -0.39 is 0 Å². The molecule has 1 amide bonds. The molecule has 4 rings (SSSR count). The molecular formula is C21H23N3O2S2. The molecule has 5 nitrogen and oxygen atoms in total. The van der Waals surface area contributed by atoms with Crippen LogP contribution in [0.3, 0.4) is 0 Å². The molecule has 0 aliphatic carbocycles. The number of methoxy groups -OCH3 is 1. The number of anilines is 2. The predicted octanol–water partition coefficient (Wildman–Crippen LogP) is 4.88. The second-order valence-corrected chi connectivity index (χ2v) is 8.73. The van der Waals surface area contributed by atoms with E-state index in [4.69, 9.17) is 9.72 Å². The van der Waals surface area contributed by atoms with Crippen LogP contribution in [0.5, 0.6) is 5.75 Å². The number of carbonyl (C=O) groups excluding carboxylic acids is 1. The van der Waals surface area contributed by atoms with Crippen molar-refractivity contribution in [3.05, 3.63) is 42.5 Å². The summed E-state index contributed by atoms with van der Waals surface area (Å²) in [4.78, 5) is 21.0. The van der Waals surface area contributed by atoms with Gasteiger partial charge < -0.3 is 15.0 Å². The van der Waals surface area contributed by atoms with Crippen molar-refractivity contribution >= 4 is 50.0 Å². The first kappa shape index (κ1) is 19.1. The van der Waals surface area contributed by atoms with Crippen LogP contribution in [0, 0.1) is 5.92 Å². The maximum absolute atomic E-state index is 12.8. The number of amides is 1. The third-order valence-electron chi connectivity index (χ3n) is 4.98. The summed E-state index contributed by atoms with van der Waals surface area (Å²) >= 11 is 3.33. The highest BCUT2D eigenvalue weighted by molar-refractivity contribution is 7.98. The number of aromatic nitrogens is 1. The van der Waals surface area contributed by atoms with E-state index in [-0.39, 0.29) is 11.8 Å². The first-order chi connectivity index (χ1) is 13.7. The number of ether oxygens (including phenoxy) is 1. The number of hydrogen-bond acceptors (Lipinski definition) is 6. The average molecular weight is 414 g/mol. The van der Waals surface area contributed by atoms with Gasteiger partial charge in [0.1, 0.15) is 5.75 Å². The van der Waals surface area contributed by atoms with Crippen molar-refractivity contribution < 1.29 is 9.53 Å². The molecule has 2 heterocycles. The van der Waals surface area contributed by atoms with Crippen LogP contribution >= 0.6 is 23.1 Å². The number of hydrogen-bond donors (Lipinski definition) is 1. The van der Waals surface area contributed by atoms with Crippen molar-refractivity contribution in [3.8, 4) is 5.75 Å². The summed E-state index contributed by atoms with van der Waals surface area (Å²) in [6.45, 7) is 1.63. The molecule has 1 fully saturated rings. The SMILES string of the molecule is COc1ccc2nc(N3CCCC(C(=O)Nc4cccc(SC)c4)C3)sc2c1. The number of rotatable bonds is 5. The van der Waals surface area contributed by atoms with Crippen LogP contribution in [-0.2, 0) is 4.79 Å². The zero-order valence-corrected chi connectivity index (χ0v) is 17.6. The van der Waals surface area contributed by atoms with Gasteiger partial charge in [0, 0.05) is 23.7 Å². The smallest absolute Gasteiger partial charge is 0.229 e. The number of fused-ring (bicyclic) bond motifs is 1. The van der Waals surface area contributed by atoms with Crippen LogP contribution in [0.15, 0.2) is 47.4 Å². The zero-order valence-electron chi connectivity index (χ0n) is 16.0. The summed E-state index contributed by atoms with van der Waals surface area (Å²) < 4.78 is 6.42. The summed E-state index contributed by atoms with van der Waals surface area (Å²) in [5.41, 5.74) is 1.84. The Morgan fingerprint density at radius 3 is 3.04 bits per heavy atom. The van der Waals surface area contributed by atoms with Crippen molar-refractivity contribution in [1.29, 1.82) is 0 Å². The van der Waals surface area contributed by atoms with Crippen molar-refractivity contribution in [2.24, 2.45) is 5.92 Å². The predicted molar refractivity (Wildman–Crippen MR) is 118 cm³/mol. The van der Waals surface area contributed by atoms with E-state index >= 15 is 0 Å². The fourth-order valence-electron chi connectivity index (χ4n) is 3.47. The molecule has 1 aromatic heterocycles. The van der Waals surface area contributed by atoms with Gasteiger partial charge in [0.2, 0.25) is 5.91 Å². The summed E-state index contributed by atoms with van der Waals surface area (Å²) in [6.07, 6.45) is 3.93. The number of thioether (sulfide) groups is 1. The van der Waals surface area contributed by atoms with E-state index in [0.717, 1.165) is 51.1 Å². The lowest BCUT2D eigenvalue weighted by Crippen LogP contribution is -2.40. The normalized spacial score (nSPS) is 16.9. The minimum absolute atomic E-state index is 0.0340. The molecule has 1 saturated heterocycles. The third-order valence-corrected chi connectivity index (χ3v) is 6.79. The molecule has 1 unspecified atom stereocenters. The van der Waals surface area contributed by atoms with Crippen LogP contribution in [0.2, 0.25) is 0 Å². The first-order valence-electron chi connectivity index (χ1n) is 9.30. The minimum Gasteiger partial charge on any atom is -0.497 e. The van der Waals surface area contributed by atoms with Crippen molar-refractivity contribution in [1.82, 2.24) is 4.98 Å². The number of nitrogens with one attached hydrogen (secondary N) is 1. The molecule has 0 saturated carbocycles. The van der Waals surface area contributed by atoms with E-state index in [0.29, 0.717) is 6.54 Å². The number of benzene rings is 2. The Morgan fingerprint density at radius 2 is 2.21 bits per heavy atom. The molecule has 0 spiro atoms. The number of carbonyl (C=O) groups is 1. The van der Waals surface area contributed by atoms with Gasteiger partial charge in [0.15, 0.2) is 5.13 Å². The molecule has 3 aromatic rings. The lowest BCUT2D eigenvalue weighted by atomic mass is 9.97. The van der Waals surface area contributed by atoms with Crippen LogP contribution in [0.1, 0.15) is 12.8 Å². The van der Waals surface area contributed by atoms with Crippen molar-refractivity contribution in [2.45, 2.75) is 17.7 Å². The molecule has 7 heteroatoms. The molecule has 1 aliphatic rings. The fraction of sp³-hybridized carbons (Fsp3) is 0.333. The summed E-state index contributed by atoms with van der Waals surface area (Å²) in [6, 6.07) is 13.9. The number of thiazole rings is 1. The Bertz CT molecular complexity index is 989. The Morgan fingerprint density at radius 1 is 1.32 bits per heavy atom. The van der Waals surface area contributed by atoms with Gasteiger partial charge in [0.25, 0.3) is 0 Å². The lowest BCUT2D eigenvalue weighted by Gasteiger charge is -2.31. The fourth-order valence-corrected chi connectivity index (χ4v) is 4.95. The molecule has 0 radical (unpaired) electrons. The van der Waals surface area contributed by atoms with E-state index in [9.17, 15) is 4.79 Å². The second kappa shape index (κ2) is 8.41. The van der Waals surface area contributed by atoms with Crippen molar-refractivity contribution in [3.63, 3.8) is 0 Å². The average Bonchev–Trinajstić information content (AvgIpc) is 3.17. The van der Waals surface area contributed by atoms with Gasteiger partial charge in [-0.05, 0) is 55.5 Å². The van der Waals surface area contributed by atoms with E-state index in [1.54, 1.807) is 30.2 Å². The molecule has 1 N–H and O–H groups in total. The molecule has 0 bridgehead atoms. The standard InChI is InChI=1S/C21H23N3O2S2/c1-26-16-8-9-18-19(12-16)28-21(23-18)24-10-4-5-14(13-24)20(25)22-15-6-3-7-17(11-15)27-2/h3,6-9,11-12,14H,4-5,10,13H2,1-2H3,(H,22,25). The number of nitrogens with zero attached hydrogens (tertiary/aromatic N) is 2. The van der Waals surface area contributed by atoms with Gasteiger partial charge in [-0.1, -0.05) is 17.4 Å². The monoisotopic (exact) mass is 413 g/mol. The van der Waals surface area contributed by atoms with Crippen LogP contribution in [-0.4, -0.2) is 37.3 Å². The molecule has 2 aromatic carbocycles. The van der Waals surface area contributed by atoms with Crippen LogP contribution < -0.4 is 15.0 Å². The first-order valence-corrected chi connectivity index (χ1v) is 11.3. The molecule has 28 heavy (non-hydrogen) atoms. The van der Waals surface area contributed by atoms with Gasteiger partial charge in [-0.2, -0.15) is 0 Å². The van der Waals surface area contributed by atoms with Gasteiger partial charge in [-0.25, -0.2) is 4.98 Å².